The van der Waals surface area contributed by atoms with Gasteiger partial charge < -0.3 is 10.1 Å². The van der Waals surface area contributed by atoms with Crippen LogP contribution < -0.4 is 5.32 Å². The molecule has 1 aromatic heterocycles. The zero-order valence-corrected chi connectivity index (χ0v) is 11.6. The summed E-state index contributed by atoms with van der Waals surface area (Å²) in [7, 11) is 1.88. The Labute approximate surface area is 107 Å². The molecule has 0 saturated carbocycles. The normalized spacial score (nSPS) is 16.7. The maximum Gasteiger partial charge on any atom is 0.137 e. The molecule has 1 aliphatic rings. The molecule has 2 rings (SSSR count). The molecule has 0 aromatic carbocycles. The standard InChI is InChI=1S/C12H19N3OS/c1-12(2,3)11-14-9(13-4)5-10(15-11)17-8-6-16-7-8/h5,8H,6-7H2,1-4H3,(H,13,14,15). The SMILES string of the molecule is CNc1cc(SC2COC2)nc(C(C)(C)C)n1. The number of rotatable bonds is 3. The molecule has 1 fully saturated rings. The summed E-state index contributed by atoms with van der Waals surface area (Å²) in [5.74, 6) is 1.76. The van der Waals surface area contributed by atoms with Crippen LogP contribution in [0.4, 0.5) is 5.82 Å². The molecule has 4 nitrogen and oxygen atoms in total. The van der Waals surface area contributed by atoms with Gasteiger partial charge in [-0.15, -0.1) is 0 Å². The van der Waals surface area contributed by atoms with E-state index in [0.717, 1.165) is 29.9 Å². The summed E-state index contributed by atoms with van der Waals surface area (Å²) in [6, 6.07) is 2.00. The van der Waals surface area contributed by atoms with Crippen molar-refractivity contribution in [3.63, 3.8) is 0 Å². The van der Waals surface area contributed by atoms with Gasteiger partial charge in [0, 0.05) is 18.5 Å². The number of ether oxygens (including phenoxy) is 1. The fourth-order valence-corrected chi connectivity index (χ4v) is 2.39. The van der Waals surface area contributed by atoms with Crippen LogP contribution in [0.2, 0.25) is 0 Å². The maximum atomic E-state index is 5.18. The van der Waals surface area contributed by atoms with Crippen molar-refractivity contribution in [3.8, 4) is 0 Å². The first-order chi connectivity index (χ1) is 7.99. The smallest absolute Gasteiger partial charge is 0.137 e. The quantitative estimate of drug-likeness (QED) is 0.838. The molecule has 1 aromatic rings. The number of aromatic nitrogens is 2. The second kappa shape index (κ2) is 4.82. The molecule has 5 heteroatoms. The highest BCUT2D eigenvalue weighted by Gasteiger charge is 2.23. The Morgan fingerprint density at radius 3 is 2.53 bits per heavy atom. The molecule has 0 bridgehead atoms. The minimum absolute atomic E-state index is 0.0295. The fraction of sp³-hybridized carbons (Fsp3) is 0.667. The van der Waals surface area contributed by atoms with Crippen LogP contribution in [-0.4, -0.2) is 35.5 Å². The van der Waals surface area contributed by atoms with Gasteiger partial charge in [-0.2, -0.15) is 0 Å². The fourth-order valence-electron chi connectivity index (χ4n) is 1.40. The zero-order chi connectivity index (χ0) is 12.5. The van der Waals surface area contributed by atoms with E-state index in [-0.39, 0.29) is 5.41 Å². The van der Waals surface area contributed by atoms with E-state index in [1.165, 1.54) is 0 Å². The zero-order valence-electron chi connectivity index (χ0n) is 10.8. The van der Waals surface area contributed by atoms with Gasteiger partial charge in [-0.1, -0.05) is 32.5 Å². The van der Waals surface area contributed by atoms with Crippen molar-refractivity contribution in [1.29, 1.82) is 0 Å². The number of anilines is 1. The topological polar surface area (TPSA) is 47.0 Å². The highest BCUT2D eigenvalue weighted by Crippen LogP contribution is 2.29. The van der Waals surface area contributed by atoms with Gasteiger partial charge in [0.15, 0.2) is 0 Å². The van der Waals surface area contributed by atoms with Crippen molar-refractivity contribution >= 4 is 17.6 Å². The van der Waals surface area contributed by atoms with Gasteiger partial charge in [0.05, 0.1) is 18.5 Å². The maximum absolute atomic E-state index is 5.18. The first-order valence-electron chi connectivity index (χ1n) is 5.81. The highest BCUT2D eigenvalue weighted by molar-refractivity contribution is 8.00. The molecule has 0 atom stereocenters. The van der Waals surface area contributed by atoms with E-state index in [4.69, 9.17) is 4.74 Å². The summed E-state index contributed by atoms with van der Waals surface area (Å²) in [5, 5.41) is 4.67. The predicted molar refractivity (Wildman–Crippen MR) is 70.7 cm³/mol. The van der Waals surface area contributed by atoms with Gasteiger partial charge in [-0.05, 0) is 0 Å². The molecule has 0 unspecified atom stereocenters. The van der Waals surface area contributed by atoms with E-state index < -0.39 is 0 Å². The molecular weight excluding hydrogens is 234 g/mol. The third-order valence-corrected chi connectivity index (χ3v) is 3.58. The Hall–Kier alpha value is -0.810. The largest absolute Gasteiger partial charge is 0.379 e. The van der Waals surface area contributed by atoms with Crippen LogP contribution in [0, 0.1) is 0 Å². The lowest BCUT2D eigenvalue weighted by Gasteiger charge is -2.25. The van der Waals surface area contributed by atoms with E-state index in [9.17, 15) is 0 Å². The van der Waals surface area contributed by atoms with Crippen molar-refractivity contribution in [1.82, 2.24) is 9.97 Å². The van der Waals surface area contributed by atoms with Crippen LogP contribution in [-0.2, 0) is 10.2 Å². The van der Waals surface area contributed by atoms with Gasteiger partial charge in [0.25, 0.3) is 0 Å². The summed E-state index contributed by atoms with van der Waals surface area (Å²) in [6.45, 7) is 8.04. The molecule has 94 valence electrons. The van der Waals surface area contributed by atoms with Gasteiger partial charge in [0.1, 0.15) is 16.7 Å². The van der Waals surface area contributed by atoms with Crippen molar-refractivity contribution < 1.29 is 4.74 Å². The lowest BCUT2D eigenvalue weighted by molar-refractivity contribution is 0.0454. The Balaban J connectivity index is 2.24. The van der Waals surface area contributed by atoms with Crippen molar-refractivity contribution in [2.45, 2.75) is 36.5 Å². The number of thioether (sulfide) groups is 1. The van der Waals surface area contributed by atoms with Crippen LogP contribution >= 0.6 is 11.8 Å². The average Bonchev–Trinajstić information content (AvgIpc) is 2.22. The van der Waals surface area contributed by atoms with E-state index in [1.807, 2.05) is 13.1 Å². The molecule has 2 heterocycles. The van der Waals surface area contributed by atoms with E-state index in [1.54, 1.807) is 11.8 Å². The predicted octanol–water partition coefficient (Wildman–Crippen LogP) is 2.31. The van der Waals surface area contributed by atoms with Crippen molar-refractivity contribution in [3.05, 3.63) is 11.9 Å². The third-order valence-electron chi connectivity index (χ3n) is 2.52. The van der Waals surface area contributed by atoms with Crippen LogP contribution in [0.1, 0.15) is 26.6 Å². The van der Waals surface area contributed by atoms with Crippen LogP contribution in [0.25, 0.3) is 0 Å². The molecule has 1 saturated heterocycles. The molecule has 1 aliphatic heterocycles. The second-order valence-electron chi connectivity index (χ2n) is 5.19. The Morgan fingerprint density at radius 2 is 2.06 bits per heavy atom. The summed E-state index contributed by atoms with van der Waals surface area (Å²) < 4.78 is 5.18. The lowest BCUT2D eigenvalue weighted by Crippen LogP contribution is -2.30. The highest BCUT2D eigenvalue weighted by atomic mass is 32.2. The Bertz CT molecular complexity index is 399. The summed E-state index contributed by atoms with van der Waals surface area (Å²) in [4.78, 5) is 9.14. The Kier molecular flexibility index (Phi) is 3.58. The number of nitrogens with one attached hydrogen (secondary N) is 1. The van der Waals surface area contributed by atoms with Gasteiger partial charge in [0.2, 0.25) is 0 Å². The minimum Gasteiger partial charge on any atom is -0.379 e. The van der Waals surface area contributed by atoms with Crippen molar-refractivity contribution in [2.75, 3.05) is 25.6 Å². The summed E-state index contributed by atoms with van der Waals surface area (Å²) in [6.07, 6.45) is 0. The first-order valence-corrected chi connectivity index (χ1v) is 6.69. The number of hydrogen-bond acceptors (Lipinski definition) is 5. The average molecular weight is 253 g/mol. The molecule has 0 amide bonds. The summed E-state index contributed by atoms with van der Waals surface area (Å²) in [5.41, 5.74) is -0.0295. The Morgan fingerprint density at radius 1 is 1.35 bits per heavy atom. The van der Waals surface area contributed by atoms with E-state index in [0.29, 0.717) is 5.25 Å². The van der Waals surface area contributed by atoms with E-state index >= 15 is 0 Å². The molecule has 1 N–H and O–H groups in total. The van der Waals surface area contributed by atoms with Crippen LogP contribution in [0.5, 0.6) is 0 Å². The van der Waals surface area contributed by atoms with Crippen LogP contribution in [0.15, 0.2) is 11.1 Å². The molecule has 0 radical (unpaired) electrons. The second-order valence-corrected chi connectivity index (χ2v) is 6.51. The summed E-state index contributed by atoms with van der Waals surface area (Å²) >= 11 is 1.77. The van der Waals surface area contributed by atoms with Gasteiger partial charge >= 0.3 is 0 Å². The third kappa shape index (κ3) is 3.10. The number of nitrogens with zero attached hydrogens (tertiary/aromatic N) is 2. The lowest BCUT2D eigenvalue weighted by atomic mass is 9.96. The van der Waals surface area contributed by atoms with Crippen molar-refractivity contribution in [2.24, 2.45) is 0 Å². The van der Waals surface area contributed by atoms with E-state index in [2.05, 4.69) is 36.1 Å². The monoisotopic (exact) mass is 253 g/mol. The molecular formula is C12H19N3OS. The first kappa shape index (κ1) is 12.6. The van der Waals surface area contributed by atoms with Gasteiger partial charge in [-0.25, -0.2) is 9.97 Å². The molecule has 0 spiro atoms. The molecule has 17 heavy (non-hydrogen) atoms. The minimum atomic E-state index is -0.0295. The van der Waals surface area contributed by atoms with Gasteiger partial charge in [-0.3, -0.25) is 0 Å². The number of hydrogen-bond donors (Lipinski definition) is 1. The molecule has 0 aliphatic carbocycles. The van der Waals surface area contributed by atoms with Crippen LogP contribution in [0.3, 0.4) is 0 Å².